The van der Waals surface area contributed by atoms with Gasteiger partial charge in [0.2, 0.25) is 0 Å². The summed E-state index contributed by atoms with van der Waals surface area (Å²) in [6, 6.07) is 7.76. The van der Waals surface area contributed by atoms with Gasteiger partial charge in [-0.05, 0) is 36.5 Å². The first-order chi connectivity index (χ1) is 9.90. The summed E-state index contributed by atoms with van der Waals surface area (Å²) in [5, 5.41) is 12.8. The van der Waals surface area contributed by atoms with Gasteiger partial charge in [-0.15, -0.1) is 0 Å². The molecule has 0 unspecified atom stereocenters. The minimum atomic E-state index is -0.826. The van der Waals surface area contributed by atoms with Gasteiger partial charge in [0.15, 0.2) is 6.61 Å². The lowest BCUT2D eigenvalue weighted by atomic mass is 9.98. The van der Waals surface area contributed by atoms with Crippen molar-refractivity contribution in [3.63, 3.8) is 0 Å². The van der Waals surface area contributed by atoms with Crippen molar-refractivity contribution in [2.75, 3.05) is 13.2 Å². The molecule has 118 valence electrons. The van der Waals surface area contributed by atoms with Crippen LogP contribution in [0, 0.1) is 0 Å². The van der Waals surface area contributed by atoms with Crippen LogP contribution in [0.25, 0.3) is 0 Å². The third-order valence-corrected chi connectivity index (χ3v) is 3.83. The Bertz CT molecular complexity index is 453. The highest BCUT2D eigenvalue weighted by molar-refractivity contribution is 5.77. The summed E-state index contributed by atoms with van der Waals surface area (Å²) in [4.78, 5) is 11.8. The average molecular weight is 293 g/mol. The topological polar surface area (TPSA) is 58.6 Å². The van der Waals surface area contributed by atoms with Gasteiger partial charge in [0, 0.05) is 6.54 Å². The maximum absolute atomic E-state index is 11.8. The maximum Gasteiger partial charge on any atom is 0.258 e. The Kier molecular flexibility index (Phi) is 6.69. The zero-order chi connectivity index (χ0) is 15.9. The van der Waals surface area contributed by atoms with Crippen LogP contribution in [-0.2, 0) is 4.79 Å². The fourth-order valence-electron chi connectivity index (χ4n) is 1.93. The molecule has 2 N–H and O–H groups in total. The van der Waals surface area contributed by atoms with Crippen molar-refractivity contribution in [2.24, 2.45) is 0 Å². The van der Waals surface area contributed by atoms with Crippen LogP contribution >= 0.6 is 0 Å². The van der Waals surface area contributed by atoms with Gasteiger partial charge < -0.3 is 15.2 Å². The van der Waals surface area contributed by atoms with Crippen LogP contribution in [0.3, 0.4) is 0 Å². The van der Waals surface area contributed by atoms with Gasteiger partial charge in [0.1, 0.15) is 5.75 Å². The van der Waals surface area contributed by atoms with Gasteiger partial charge >= 0.3 is 0 Å². The first-order valence-electron chi connectivity index (χ1n) is 7.62. The van der Waals surface area contributed by atoms with Gasteiger partial charge in [-0.1, -0.05) is 39.8 Å². The van der Waals surface area contributed by atoms with E-state index in [2.05, 4.69) is 19.2 Å². The number of carbonyl (C=O) groups is 1. The van der Waals surface area contributed by atoms with E-state index in [1.165, 1.54) is 5.56 Å². The van der Waals surface area contributed by atoms with Crippen molar-refractivity contribution >= 4 is 5.91 Å². The fourth-order valence-corrected chi connectivity index (χ4v) is 1.93. The zero-order valence-corrected chi connectivity index (χ0v) is 13.5. The van der Waals surface area contributed by atoms with Crippen molar-refractivity contribution in [3.8, 4) is 5.75 Å². The SMILES string of the molecule is CCC(O)(CC)CNC(=O)COc1cccc(C(C)C)c1. The second-order valence-corrected chi connectivity index (χ2v) is 5.72. The van der Waals surface area contributed by atoms with E-state index in [1.54, 1.807) is 0 Å². The summed E-state index contributed by atoms with van der Waals surface area (Å²) in [5.74, 6) is 0.898. The lowest BCUT2D eigenvalue weighted by Gasteiger charge is -2.25. The highest BCUT2D eigenvalue weighted by Gasteiger charge is 2.22. The Balaban J connectivity index is 2.45. The Morgan fingerprint density at radius 3 is 2.57 bits per heavy atom. The van der Waals surface area contributed by atoms with Gasteiger partial charge in [0.25, 0.3) is 5.91 Å². The highest BCUT2D eigenvalue weighted by Crippen LogP contribution is 2.20. The van der Waals surface area contributed by atoms with E-state index in [1.807, 2.05) is 38.1 Å². The largest absolute Gasteiger partial charge is 0.484 e. The molecule has 0 fully saturated rings. The van der Waals surface area contributed by atoms with Crippen LogP contribution in [-0.4, -0.2) is 29.8 Å². The van der Waals surface area contributed by atoms with Crippen molar-refractivity contribution < 1.29 is 14.6 Å². The Hall–Kier alpha value is -1.55. The van der Waals surface area contributed by atoms with Crippen LogP contribution in [0.4, 0.5) is 0 Å². The van der Waals surface area contributed by atoms with Gasteiger partial charge in [-0.3, -0.25) is 4.79 Å². The molecule has 0 saturated heterocycles. The number of amides is 1. The molecule has 0 aromatic heterocycles. The molecule has 1 aromatic carbocycles. The number of hydrogen-bond acceptors (Lipinski definition) is 3. The molecule has 4 heteroatoms. The van der Waals surface area contributed by atoms with Crippen LogP contribution in [0.1, 0.15) is 52.0 Å². The molecule has 0 atom stereocenters. The van der Waals surface area contributed by atoms with Crippen molar-refractivity contribution in [2.45, 2.75) is 52.1 Å². The highest BCUT2D eigenvalue weighted by atomic mass is 16.5. The number of hydrogen-bond donors (Lipinski definition) is 2. The molecule has 4 nitrogen and oxygen atoms in total. The van der Waals surface area contributed by atoms with E-state index in [-0.39, 0.29) is 19.1 Å². The summed E-state index contributed by atoms with van der Waals surface area (Å²) >= 11 is 0. The number of carbonyl (C=O) groups excluding carboxylic acids is 1. The quantitative estimate of drug-likeness (QED) is 0.775. The Morgan fingerprint density at radius 2 is 2.00 bits per heavy atom. The number of ether oxygens (including phenoxy) is 1. The van der Waals surface area contributed by atoms with Crippen LogP contribution in [0.5, 0.6) is 5.75 Å². The average Bonchev–Trinajstić information content (AvgIpc) is 2.50. The van der Waals surface area contributed by atoms with Crippen LogP contribution in [0.2, 0.25) is 0 Å². The number of nitrogens with one attached hydrogen (secondary N) is 1. The normalized spacial score (nSPS) is 11.5. The Labute approximate surface area is 127 Å². The first kappa shape index (κ1) is 17.5. The second kappa shape index (κ2) is 8.03. The summed E-state index contributed by atoms with van der Waals surface area (Å²) in [6.45, 7) is 8.26. The minimum Gasteiger partial charge on any atom is -0.484 e. The number of aliphatic hydroxyl groups is 1. The van der Waals surface area contributed by atoms with E-state index < -0.39 is 5.60 Å². The minimum absolute atomic E-state index is 0.0366. The zero-order valence-electron chi connectivity index (χ0n) is 13.5. The number of benzene rings is 1. The summed E-state index contributed by atoms with van der Waals surface area (Å²) in [6.07, 6.45) is 1.22. The molecule has 0 spiro atoms. The van der Waals surface area contributed by atoms with Crippen molar-refractivity contribution in [1.29, 1.82) is 0 Å². The molecular weight excluding hydrogens is 266 g/mol. The molecule has 0 bridgehead atoms. The monoisotopic (exact) mass is 293 g/mol. The second-order valence-electron chi connectivity index (χ2n) is 5.72. The lowest BCUT2D eigenvalue weighted by Crippen LogP contribution is -2.43. The van der Waals surface area contributed by atoms with Crippen LogP contribution in [0.15, 0.2) is 24.3 Å². The molecule has 0 aliphatic heterocycles. The molecule has 1 amide bonds. The summed E-state index contributed by atoms with van der Waals surface area (Å²) in [7, 11) is 0. The number of rotatable bonds is 8. The molecule has 1 rings (SSSR count). The molecule has 0 radical (unpaired) electrons. The van der Waals surface area contributed by atoms with E-state index in [0.29, 0.717) is 24.5 Å². The molecule has 0 saturated carbocycles. The third kappa shape index (κ3) is 5.76. The molecule has 21 heavy (non-hydrogen) atoms. The molecule has 0 heterocycles. The standard InChI is InChI=1S/C17H27NO3/c1-5-17(20,6-2)12-18-16(19)11-21-15-9-7-8-14(10-15)13(3)4/h7-10,13,20H,5-6,11-12H2,1-4H3,(H,18,19). The van der Waals surface area contributed by atoms with Crippen molar-refractivity contribution in [1.82, 2.24) is 5.32 Å². The van der Waals surface area contributed by atoms with E-state index in [9.17, 15) is 9.90 Å². The predicted molar refractivity (Wildman–Crippen MR) is 84.6 cm³/mol. The van der Waals surface area contributed by atoms with E-state index in [4.69, 9.17) is 4.74 Å². The summed E-state index contributed by atoms with van der Waals surface area (Å²) < 4.78 is 5.50. The van der Waals surface area contributed by atoms with E-state index >= 15 is 0 Å². The smallest absolute Gasteiger partial charge is 0.258 e. The molecule has 1 aromatic rings. The third-order valence-electron chi connectivity index (χ3n) is 3.83. The summed E-state index contributed by atoms with van der Waals surface area (Å²) in [5.41, 5.74) is 0.354. The van der Waals surface area contributed by atoms with Crippen molar-refractivity contribution in [3.05, 3.63) is 29.8 Å². The molecule has 0 aliphatic carbocycles. The van der Waals surface area contributed by atoms with Crippen LogP contribution < -0.4 is 10.1 Å². The molecular formula is C17H27NO3. The van der Waals surface area contributed by atoms with Gasteiger partial charge in [-0.2, -0.15) is 0 Å². The van der Waals surface area contributed by atoms with Gasteiger partial charge in [-0.25, -0.2) is 0 Å². The maximum atomic E-state index is 11.8. The van der Waals surface area contributed by atoms with Gasteiger partial charge in [0.05, 0.1) is 5.60 Å². The lowest BCUT2D eigenvalue weighted by molar-refractivity contribution is -0.124. The molecule has 0 aliphatic rings. The predicted octanol–water partition coefficient (Wildman–Crippen LogP) is 2.86. The van der Waals surface area contributed by atoms with E-state index in [0.717, 1.165) is 0 Å². The Morgan fingerprint density at radius 1 is 1.33 bits per heavy atom. The first-order valence-corrected chi connectivity index (χ1v) is 7.62. The fraction of sp³-hybridized carbons (Fsp3) is 0.588.